The Bertz CT molecular complexity index is 962. The van der Waals surface area contributed by atoms with Crippen molar-refractivity contribution in [2.45, 2.75) is 5.92 Å². The molecule has 4 heteroatoms. The quantitative estimate of drug-likeness (QED) is 0.551. The molecule has 0 saturated heterocycles. The average Bonchev–Trinajstić information content (AvgIpc) is 2.65. The van der Waals surface area contributed by atoms with E-state index in [0.29, 0.717) is 17.1 Å². The van der Waals surface area contributed by atoms with Crippen molar-refractivity contribution >= 4 is 5.97 Å². The smallest absolute Gasteiger partial charge is 0.338 e. The van der Waals surface area contributed by atoms with Crippen molar-refractivity contribution < 1.29 is 19.4 Å². The number of ether oxygens (including phenoxy) is 2. The predicted octanol–water partition coefficient (Wildman–Crippen LogP) is 4.46. The number of fused-ring (bicyclic) bond motifs is 2. The summed E-state index contributed by atoms with van der Waals surface area (Å²) >= 11 is 0. The van der Waals surface area contributed by atoms with E-state index >= 15 is 0 Å². The Kier molecular flexibility index (Phi) is 3.65. The van der Waals surface area contributed by atoms with Gasteiger partial charge in [-0.15, -0.1) is 0 Å². The maximum atomic E-state index is 12.3. The van der Waals surface area contributed by atoms with Gasteiger partial charge in [-0.25, -0.2) is 4.79 Å². The molecule has 0 radical (unpaired) electrons. The van der Waals surface area contributed by atoms with Gasteiger partial charge in [0.05, 0.1) is 12.7 Å². The molecule has 1 N–H and O–H groups in total. The fourth-order valence-corrected chi connectivity index (χ4v) is 3.33. The maximum Gasteiger partial charge on any atom is 0.338 e. The summed E-state index contributed by atoms with van der Waals surface area (Å²) in [5.41, 5.74) is 3.23. The standard InChI is InChI=1S/C21H16O4/c1-24-21(23)15-7-3-2-6-14(15)20-16-8-4-5-9-18(16)25-19-12-13(22)10-11-17(19)20/h2-12,20,22H,1H3. The number of phenolic OH excluding ortho intramolecular Hbond substituents is 1. The molecule has 0 amide bonds. The zero-order valence-corrected chi connectivity index (χ0v) is 13.6. The van der Waals surface area contributed by atoms with E-state index < -0.39 is 0 Å². The zero-order chi connectivity index (χ0) is 17.4. The summed E-state index contributed by atoms with van der Waals surface area (Å²) in [4.78, 5) is 12.3. The van der Waals surface area contributed by atoms with E-state index in [1.54, 1.807) is 18.2 Å². The number of carbonyl (C=O) groups is 1. The van der Waals surface area contributed by atoms with Gasteiger partial charge >= 0.3 is 5.97 Å². The van der Waals surface area contributed by atoms with Crippen LogP contribution < -0.4 is 4.74 Å². The Morgan fingerprint density at radius 1 is 0.920 bits per heavy atom. The van der Waals surface area contributed by atoms with Crippen LogP contribution in [0.2, 0.25) is 0 Å². The topological polar surface area (TPSA) is 55.8 Å². The third kappa shape index (κ3) is 2.52. The summed E-state index contributed by atoms with van der Waals surface area (Å²) in [6.07, 6.45) is 0. The Morgan fingerprint density at radius 3 is 2.40 bits per heavy atom. The van der Waals surface area contributed by atoms with Gasteiger partial charge in [0.1, 0.15) is 17.2 Å². The molecule has 4 nitrogen and oxygen atoms in total. The number of phenols is 1. The summed E-state index contributed by atoms with van der Waals surface area (Å²) in [6.45, 7) is 0. The molecule has 1 aliphatic rings. The molecule has 0 aliphatic carbocycles. The second-order valence-corrected chi connectivity index (χ2v) is 5.87. The number of methoxy groups -OCH3 is 1. The molecule has 0 spiro atoms. The lowest BCUT2D eigenvalue weighted by molar-refractivity contribution is 0.0599. The van der Waals surface area contributed by atoms with Crippen molar-refractivity contribution in [2.75, 3.05) is 7.11 Å². The molecule has 0 bridgehead atoms. The Labute approximate surface area is 145 Å². The normalized spacial score (nSPS) is 14.8. The van der Waals surface area contributed by atoms with Crippen molar-refractivity contribution in [1.29, 1.82) is 0 Å². The van der Waals surface area contributed by atoms with Crippen molar-refractivity contribution in [3.8, 4) is 17.2 Å². The van der Waals surface area contributed by atoms with Crippen LogP contribution in [0.25, 0.3) is 0 Å². The van der Waals surface area contributed by atoms with Crippen LogP contribution in [0.5, 0.6) is 17.2 Å². The minimum absolute atomic E-state index is 0.137. The van der Waals surface area contributed by atoms with Gasteiger partial charge in [-0.1, -0.05) is 42.5 Å². The van der Waals surface area contributed by atoms with Gasteiger partial charge in [0.15, 0.2) is 0 Å². The third-order valence-electron chi connectivity index (χ3n) is 4.44. The van der Waals surface area contributed by atoms with Crippen LogP contribution in [-0.2, 0) is 4.74 Å². The average molecular weight is 332 g/mol. The molecule has 4 rings (SSSR count). The highest BCUT2D eigenvalue weighted by atomic mass is 16.5. The first-order valence-corrected chi connectivity index (χ1v) is 7.96. The lowest BCUT2D eigenvalue weighted by Crippen LogP contribution is -2.15. The van der Waals surface area contributed by atoms with Crippen molar-refractivity contribution in [3.05, 3.63) is 89.0 Å². The van der Waals surface area contributed by atoms with Gasteiger partial charge in [-0.3, -0.25) is 0 Å². The highest BCUT2D eigenvalue weighted by molar-refractivity contribution is 5.92. The van der Waals surface area contributed by atoms with E-state index in [4.69, 9.17) is 9.47 Å². The Balaban J connectivity index is 1.98. The van der Waals surface area contributed by atoms with Crippen LogP contribution in [0.4, 0.5) is 0 Å². The van der Waals surface area contributed by atoms with Gasteiger partial charge in [0.2, 0.25) is 0 Å². The number of para-hydroxylation sites is 1. The summed E-state index contributed by atoms with van der Waals surface area (Å²) in [7, 11) is 1.38. The second kappa shape index (κ2) is 5.98. The molecule has 1 aliphatic heterocycles. The lowest BCUT2D eigenvalue weighted by Gasteiger charge is -2.29. The Morgan fingerprint density at radius 2 is 1.60 bits per heavy atom. The first kappa shape index (κ1) is 15.3. The minimum atomic E-state index is -0.375. The molecule has 0 saturated carbocycles. The van der Waals surface area contributed by atoms with Crippen LogP contribution in [0.1, 0.15) is 33.0 Å². The van der Waals surface area contributed by atoms with Gasteiger partial charge in [-0.05, 0) is 23.8 Å². The summed E-state index contributed by atoms with van der Waals surface area (Å²) in [5.74, 6) is 0.877. The van der Waals surface area contributed by atoms with Crippen LogP contribution in [-0.4, -0.2) is 18.2 Å². The monoisotopic (exact) mass is 332 g/mol. The highest BCUT2D eigenvalue weighted by Crippen LogP contribution is 2.48. The SMILES string of the molecule is COC(=O)c1ccccc1C1c2ccccc2Oc2cc(O)ccc21. The number of benzene rings is 3. The van der Waals surface area contributed by atoms with Crippen LogP contribution in [0.15, 0.2) is 66.7 Å². The molecule has 3 aromatic carbocycles. The van der Waals surface area contributed by atoms with E-state index in [9.17, 15) is 9.90 Å². The van der Waals surface area contributed by atoms with Gasteiger partial charge in [-0.2, -0.15) is 0 Å². The van der Waals surface area contributed by atoms with E-state index in [2.05, 4.69) is 0 Å². The predicted molar refractivity (Wildman–Crippen MR) is 93.3 cm³/mol. The van der Waals surface area contributed by atoms with Gasteiger partial charge < -0.3 is 14.6 Å². The first-order valence-electron chi connectivity index (χ1n) is 7.96. The molecule has 1 heterocycles. The molecule has 3 aromatic rings. The number of carbonyl (C=O) groups excluding carboxylic acids is 1. The number of hydrogen-bond donors (Lipinski definition) is 1. The summed E-state index contributed by atoms with van der Waals surface area (Å²) in [6, 6.07) is 20.2. The van der Waals surface area contributed by atoms with E-state index in [1.165, 1.54) is 7.11 Å². The van der Waals surface area contributed by atoms with Gasteiger partial charge in [0.25, 0.3) is 0 Å². The molecule has 124 valence electrons. The minimum Gasteiger partial charge on any atom is -0.508 e. The number of rotatable bonds is 2. The maximum absolute atomic E-state index is 12.3. The summed E-state index contributed by atoms with van der Waals surface area (Å²) in [5, 5.41) is 9.82. The van der Waals surface area contributed by atoms with Gasteiger partial charge in [0, 0.05) is 23.1 Å². The molecule has 0 fully saturated rings. The van der Waals surface area contributed by atoms with Crippen LogP contribution in [0, 0.1) is 0 Å². The second-order valence-electron chi connectivity index (χ2n) is 5.87. The molecular weight excluding hydrogens is 316 g/mol. The fraction of sp³-hybridized carbons (Fsp3) is 0.0952. The fourth-order valence-electron chi connectivity index (χ4n) is 3.33. The zero-order valence-electron chi connectivity index (χ0n) is 13.6. The third-order valence-corrected chi connectivity index (χ3v) is 4.44. The Hall–Kier alpha value is -3.27. The molecular formula is C21H16O4. The molecule has 1 atom stereocenters. The molecule has 1 unspecified atom stereocenters. The van der Waals surface area contributed by atoms with Crippen molar-refractivity contribution in [1.82, 2.24) is 0 Å². The largest absolute Gasteiger partial charge is 0.508 e. The molecule has 25 heavy (non-hydrogen) atoms. The van der Waals surface area contributed by atoms with Crippen molar-refractivity contribution in [2.24, 2.45) is 0 Å². The van der Waals surface area contributed by atoms with E-state index in [1.807, 2.05) is 48.5 Å². The van der Waals surface area contributed by atoms with Crippen LogP contribution in [0.3, 0.4) is 0 Å². The first-order chi connectivity index (χ1) is 12.2. The van der Waals surface area contributed by atoms with Crippen molar-refractivity contribution in [3.63, 3.8) is 0 Å². The summed E-state index contributed by atoms with van der Waals surface area (Å²) < 4.78 is 10.9. The lowest BCUT2D eigenvalue weighted by atomic mass is 9.80. The van der Waals surface area contributed by atoms with E-state index in [0.717, 1.165) is 16.7 Å². The number of aromatic hydroxyl groups is 1. The number of hydrogen-bond acceptors (Lipinski definition) is 4. The van der Waals surface area contributed by atoms with Crippen LogP contribution >= 0.6 is 0 Å². The molecule has 0 aromatic heterocycles. The highest BCUT2D eigenvalue weighted by Gasteiger charge is 2.31. The van der Waals surface area contributed by atoms with E-state index in [-0.39, 0.29) is 17.6 Å². The number of esters is 1.